The summed E-state index contributed by atoms with van der Waals surface area (Å²) in [5, 5.41) is 0. The summed E-state index contributed by atoms with van der Waals surface area (Å²) >= 11 is 0. The predicted molar refractivity (Wildman–Crippen MR) is 125 cm³/mol. The van der Waals surface area contributed by atoms with E-state index >= 15 is 0 Å². The number of primary amides is 1. The zero-order chi connectivity index (χ0) is 24.5. The lowest BCUT2D eigenvalue weighted by atomic mass is 9.99. The van der Waals surface area contributed by atoms with E-state index in [0.29, 0.717) is 23.5 Å². The second kappa shape index (κ2) is 9.57. The number of ether oxygens (including phenoxy) is 2. The standard InChI is InChI=1S/C22H27N5O6S/c1-13(27(2)12-33-34(3,29)30)10-32-17-8-16(19-20(26-11-25-19)18(17)21(23)28)15-7-14-5-4-6-31-22(14)24-9-15/h7-9,11,13H,4-6,10,12H2,1-3H3,(H2,23,28)(H,25,26)/t13-/m1/s1. The number of nitrogens with one attached hydrogen (secondary N) is 1. The van der Waals surface area contributed by atoms with Crippen LogP contribution in [0.5, 0.6) is 11.6 Å². The third kappa shape index (κ3) is 5.13. The molecule has 4 rings (SSSR count). The van der Waals surface area contributed by atoms with Crippen molar-refractivity contribution in [1.29, 1.82) is 0 Å². The summed E-state index contributed by atoms with van der Waals surface area (Å²) in [5.41, 5.74) is 9.48. The van der Waals surface area contributed by atoms with E-state index in [-0.39, 0.29) is 30.7 Å². The number of aromatic nitrogens is 3. The van der Waals surface area contributed by atoms with Crippen LogP contribution in [0.2, 0.25) is 0 Å². The van der Waals surface area contributed by atoms with E-state index < -0.39 is 16.0 Å². The summed E-state index contributed by atoms with van der Waals surface area (Å²) < 4.78 is 39.0. The zero-order valence-corrected chi connectivity index (χ0v) is 20.0. The van der Waals surface area contributed by atoms with Crippen molar-refractivity contribution in [1.82, 2.24) is 19.9 Å². The molecule has 0 saturated heterocycles. The number of fused-ring (bicyclic) bond motifs is 2. The number of aryl methyl sites for hydroxylation is 1. The summed E-state index contributed by atoms with van der Waals surface area (Å²) in [4.78, 5) is 25.9. The van der Waals surface area contributed by atoms with Crippen LogP contribution in [0.4, 0.5) is 0 Å². The van der Waals surface area contributed by atoms with Gasteiger partial charge in [-0.3, -0.25) is 13.9 Å². The molecule has 11 nitrogen and oxygen atoms in total. The minimum absolute atomic E-state index is 0.125. The number of carbonyl (C=O) groups excluding carboxylic acids is 1. The van der Waals surface area contributed by atoms with Crippen molar-refractivity contribution in [3.8, 4) is 22.8 Å². The quantitative estimate of drug-likeness (QED) is 0.338. The van der Waals surface area contributed by atoms with E-state index in [1.54, 1.807) is 24.2 Å². The van der Waals surface area contributed by atoms with Gasteiger partial charge < -0.3 is 20.2 Å². The fraction of sp³-hybridized carbons (Fsp3) is 0.409. The van der Waals surface area contributed by atoms with E-state index in [4.69, 9.17) is 19.4 Å². The number of pyridine rings is 1. The Kier molecular flexibility index (Phi) is 6.73. The molecule has 1 atom stereocenters. The first-order valence-corrected chi connectivity index (χ1v) is 12.5. The average molecular weight is 490 g/mol. The maximum atomic E-state index is 12.3. The third-order valence-electron chi connectivity index (χ3n) is 5.68. The number of imidazole rings is 1. The van der Waals surface area contributed by atoms with Gasteiger partial charge in [0.25, 0.3) is 16.0 Å². The second-order valence-electron chi connectivity index (χ2n) is 8.30. The lowest BCUT2D eigenvalue weighted by molar-refractivity contribution is 0.0922. The smallest absolute Gasteiger partial charge is 0.265 e. The van der Waals surface area contributed by atoms with Crippen LogP contribution in [0.15, 0.2) is 24.7 Å². The van der Waals surface area contributed by atoms with E-state index in [1.165, 1.54) is 6.33 Å². The number of benzene rings is 1. The lowest BCUT2D eigenvalue weighted by Gasteiger charge is -2.24. The minimum Gasteiger partial charge on any atom is -0.491 e. The molecule has 3 heterocycles. The van der Waals surface area contributed by atoms with Crippen molar-refractivity contribution >= 4 is 27.1 Å². The Morgan fingerprint density at radius 1 is 1.35 bits per heavy atom. The number of H-pyrrole nitrogens is 1. The number of carbonyl (C=O) groups is 1. The van der Waals surface area contributed by atoms with E-state index in [0.717, 1.165) is 35.8 Å². The molecule has 0 bridgehead atoms. The first-order chi connectivity index (χ1) is 16.1. The average Bonchev–Trinajstić information content (AvgIpc) is 3.28. The Morgan fingerprint density at radius 3 is 2.88 bits per heavy atom. The van der Waals surface area contributed by atoms with Gasteiger partial charge in [-0.25, -0.2) is 9.97 Å². The van der Waals surface area contributed by atoms with Crippen LogP contribution in [0.3, 0.4) is 0 Å². The Morgan fingerprint density at radius 2 is 2.15 bits per heavy atom. The van der Waals surface area contributed by atoms with Crippen LogP contribution in [-0.4, -0.2) is 73.5 Å². The van der Waals surface area contributed by atoms with Gasteiger partial charge in [0.2, 0.25) is 5.88 Å². The molecule has 1 amide bonds. The van der Waals surface area contributed by atoms with Crippen LogP contribution in [0, 0.1) is 0 Å². The molecule has 1 aromatic carbocycles. The number of aromatic amines is 1. The van der Waals surface area contributed by atoms with Gasteiger partial charge in [-0.1, -0.05) is 0 Å². The van der Waals surface area contributed by atoms with Gasteiger partial charge in [0.1, 0.15) is 24.7 Å². The molecule has 2 aromatic heterocycles. The van der Waals surface area contributed by atoms with Crippen molar-refractivity contribution in [3.05, 3.63) is 35.8 Å². The monoisotopic (exact) mass is 489 g/mol. The first kappa shape index (κ1) is 23.9. The van der Waals surface area contributed by atoms with E-state index in [9.17, 15) is 13.2 Å². The predicted octanol–water partition coefficient (Wildman–Crippen LogP) is 1.68. The highest BCUT2D eigenvalue weighted by molar-refractivity contribution is 7.85. The van der Waals surface area contributed by atoms with Crippen LogP contribution in [0.25, 0.3) is 22.2 Å². The van der Waals surface area contributed by atoms with Gasteiger partial charge in [0.15, 0.2) is 0 Å². The molecule has 12 heteroatoms. The third-order valence-corrected chi connectivity index (χ3v) is 6.21. The van der Waals surface area contributed by atoms with E-state index in [2.05, 4.69) is 15.0 Å². The molecule has 0 spiro atoms. The summed E-state index contributed by atoms with van der Waals surface area (Å²) in [6.45, 7) is 2.52. The molecule has 182 valence electrons. The highest BCUT2D eigenvalue weighted by Crippen LogP contribution is 2.37. The minimum atomic E-state index is -3.57. The van der Waals surface area contributed by atoms with E-state index in [1.807, 2.05) is 13.0 Å². The largest absolute Gasteiger partial charge is 0.491 e. The Balaban J connectivity index is 1.66. The lowest BCUT2D eigenvalue weighted by Crippen LogP contribution is -2.36. The number of amides is 1. The van der Waals surface area contributed by atoms with Gasteiger partial charge in [-0.2, -0.15) is 8.42 Å². The first-order valence-electron chi connectivity index (χ1n) is 10.7. The highest BCUT2D eigenvalue weighted by Gasteiger charge is 2.23. The fourth-order valence-electron chi connectivity index (χ4n) is 3.69. The molecule has 0 fully saturated rings. The number of hydrogen-bond acceptors (Lipinski definition) is 9. The van der Waals surface area contributed by atoms with Crippen LogP contribution in [0.1, 0.15) is 29.3 Å². The summed E-state index contributed by atoms with van der Waals surface area (Å²) in [6, 6.07) is 3.51. The highest BCUT2D eigenvalue weighted by atomic mass is 32.2. The maximum absolute atomic E-state index is 12.3. The molecule has 3 aromatic rings. The molecule has 0 aliphatic carbocycles. The normalized spacial score (nSPS) is 14.6. The molecule has 0 saturated carbocycles. The summed E-state index contributed by atoms with van der Waals surface area (Å²) in [5.74, 6) is 0.262. The second-order valence-corrected chi connectivity index (χ2v) is 9.94. The molecular formula is C22H27N5O6S. The Labute approximate surface area is 197 Å². The fourth-order valence-corrected chi connectivity index (χ4v) is 4.05. The molecule has 1 aliphatic rings. The van der Waals surface area contributed by atoms with Gasteiger partial charge >= 0.3 is 0 Å². The van der Waals surface area contributed by atoms with Crippen LogP contribution < -0.4 is 15.2 Å². The topological polar surface area (TPSA) is 150 Å². The van der Waals surface area contributed by atoms with Crippen LogP contribution >= 0.6 is 0 Å². The SMILES string of the molecule is C[C@H](COc1cc(-c2cnc3c(c2)CCCO3)c2nc[nH]c2c1C(N)=O)N(C)COS(C)(=O)=O. The van der Waals surface area contributed by atoms with Gasteiger partial charge in [0.05, 0.1) is 30.2 Å². The van der Waals surface area contributed by atoms with Crippen molar-refractivity contribution < 1.29 is 26.9 Å². The maximum Gasteiger partial charge on any atom is 0.265 e. The Hall–Kier alpha value is -3.22. The number of nitrogens with zero attached hydrogens (tertiary/aromatic N) is 3. The van der Waals surface area contributed by atoms with Crippen LogP contribution in [-0.2, 0) is 20.7 Å². The molecular weight excluding hydrogens is 462 g/mol. The van der Waals surface area contributed by atoms with Gasteiger partial charge in [-0.05, 0) is 38.9 Å². The van der Waals surface area contributed by atoms with Gasteiger partial charge in [0, 0.05) is 28.9 Å². The summed E-state index contributed by atoms with van der Waals surface area (Å²) in [6.07, 6.45) is 5.98. The molecule has 1 aliphatic heterocycles. The number of rotatable bonds is 9. The van der Waals surface area contributed by atoms with Gasteiger partial charge in [-0.15, -0.1) is 0 Å². The number of likely N-dealkylation sites (N-methyl/N-ethyl adjacent to an activating group) is 1. The summed E-state index contributed by atoms with van der Waals surface area (Å²) in [7, 11) is -1.86. The van der Waals surface area contributed by atoms with Crippen molar-refractivity contribution in [2.24, 2.45) is 5.73 Å². The number of nitrogens with two attached hydrogens (primary N) is 1. The molecule has 3 N–H and O–H groups in total. The molecule has 0 radical (unpaired) electrons. The molecule has 0 unspecified atom stereocenters. The van der Waals surface area contributed by atoms with Crippen molar-refractivity contribution in [2.75, 3.05) is 33.2 Å². The Bertz CT molecular complexity index is 1320. The van der Waals surface area contributed by atoms with Crippen molar-refractivity contribution in [2.45, 2.75) is 25.8 Å². The zero-order valence-electron chi connectivity index (χ0n) is 19.2. The van der Waals surface area contributed by atoms with Crippen molar-refractivity contribution in [3.63, 3.8) is 0 Å². The number of hydrogen-bond donors (Lipinski definition) is 2. The molecule has 34 heavy (non-hydrogen) atoms.